The van der Waals surface area contributed by atoms with Crippen LogP contribution in [-0.4, -0.2) is 15.6 Å². The van der Waals surface area contributed by atoms with Crippen LogP contribution in [-0.2, 0) is 6.54 Å². The van der Waals surface area contributed by atoms with Crippen LogP contribution in [0.4, 0.5) is 0 Å². The maximum atomic E-state index is 12.6. The van der Waals surface area contributed by atoms with E-state index in [0.717, 1.165) is 36.0 Å². The molecule has 1 aromatic heterocycles. The first-order valence-corrected chi connectivity index (χ1v) is 7.68. The van der Waals surface area contributed by atoms with Crippen molar-refractivity contribution in [3.63, 3.8) is 0 Å². The van der Waals surface area contributed by atoms with Crippen LogP contribution in [0.5, 0.6) is 0 Å². The van der Waals surface area contributed by atoms with E-state index in [1.54, 1.807) is 6.20 Å². The van der Waals surface area contributed by atoms with Crippen molar-refractivity contribution in [1.29, 1.82) is 0 Å². The lowest BCUT2D eigenvalue weighted by atomic mass is 9.79. The average molecular weight is 313 g/mol. The summed E-state index contributed by atoms with van der Waals surface area (Å²) in [6, 6.07) is 0. The zero-order chi connectivity index (χ0) is 13.1. The van der Waals surface area contributed by atoms with Gasteiger partial charge in [-0.05, 0) is 41.1 Å². The van der Waals surface area contributed by atoms with Gasteiger partial charge in [-0.2, -0.15) is 5.10 Å². The summed E-state index contributed by atoms with van der Waals surface area (Å²) < 4.78 is 2.70. The van der Waals surface area contributed by atoms with Gasteiger partial charge >= 0.3 is 0 Å². The van der Waals surface area contributed by atoms with Crippen molar-refractivity contribution in [2.75, 3.05) is 0 Å². The molecule has 18 heavy (non-hydrogen) atoms. The van der Waals surface area contributed by atoms with Gasteiger partial charge < -0.3 is 0 Å². The lowest BCUT2D eigenvalue weighted by Gasteiger charge is -2.25. The molecule has 2 unspecified atom stereocenters. The molecule has 0 amide bonds. The third-order valence-electron chi connectivity index (χ3n) is 3.77. The van der Waals surface area contributed by atoms with Crippen LogP contribution in [0.15, 0.2) is 10.7 Å². The summed E-state index contributed by atoms with van der Waals surface area (Å²) in [5.41, 5.74) is 0.774. The second-order valence-electron chi connectivity index (χ2n) is 5.40. The Balaban J connectivity index is 2.19. The fourth-order valence-electron chi connectivity index (χ4n) is 2.85. The van der Waals surface area contributed by atoms with Gasteiger partial charge in [-0.1, -0.05) is 26.7 Å². The van der Waals surface area contributed by atoms with Crippen molar-refractivity contribution in [1.82, 2.24) is 9.78 Å². The minimum absolute atomic E-state index is 0.192. The van der Waals surface area contributed by atoms with Crippen molar-refractivity contribution in [3.05, 3.63) is 16.4 Å². The SMILES string of the molecule is CCCn1ncc(Br)c1C(=O)C1CCCC(C)C1. The Morgan fingerprint density at radius 1 is 1.56 bits per heavy atom. The maximum Gasteiger partial charge on any atom is 0.185 e. The number of rotatable bonds is 4. The first-order chi connectivity index (χ1) is 8.63. The number of Topliss-reactive ketones (excluding diaryl/α,β-unsaturated/α-hetero) is 1. The second kappa shape index (κ2) is 6.00. The van der Waals surface area contributed by atoms with Crippen molar-refractivity contribution >= 4 is 21.7 Å². The van der Waals surface area contributed by atoms with Gasteiger partial charge in [0.1, 0.15) is 5.69 Å². The highest BCUT2D eigenvalue weighted by atomic mass is 79.9. The lowest BCUT2D eigenvalue weighted by Crippen LogP contribution is -2.24. The molecule has 2 rings (SSSR count). The Labute approximate surface area is 117 Å². The van der Waals surface area contributed by atoms with Gasteiger partial charge in [0, 0.05) is 12.5 Å². The summed E-state index contributed by atoms with van der Waals surface area (Å²) in [7, 11) is 0. The molecular formula is C14H21BrN2O. The highest BCUT2D eigenvalue weighted by molar-refractivity contribution is 9.10. The van der Waals surface area contributed by atoms with Crippen LogP contribution in [0.3, 0.4) is 0 Å². The molecule has 3 nitrogen and oxygen atoms in total. The van der Waals surface area contributed by atoms with Crippen LogP contribution in [0.2, 0.25) is 0 Å². The van der Waals surface area contributed by atoms with Gasteiger partial charge in [-0.3, -0.25) is 9.48 Å². The number of aromatic nitrogens is 2. The minimum atomic E-state index is 0.192. The largest absolute Gasteiger partial charge is 0.292 e. The predicted octanol–water partition coefficient (Wildman–Crippen LogP) is 4.06. The number of carbonyl (C=O) groups excluding carboxylic acids is 1. The molecule has 1 heterocycles. The number of ketones is 1. The van der Waals surface area contributed by atoms with Gasteiger partial charge in [0.15, 0.2) is 5.78 Å². The van der Waals surface area contributed by atoms with E-state index in [4.69, 9.17) is 0 Å². The topological polar surface area (TPSA) is 34.9 Å². The number of nitrogens with zero attached hydrogens (tertiary/aromatic N) is 2. The van der Waals surface area contributed by atoms with E-state index in [9.17, 15) is 4.79 Å². The van der Waals surface area contributed by atoms with E-state index >= 15 is 0 Å². The summed E-state index contributed by atoms with van der Waals surface area (Å²) in [6.45, 7) is 5.17. The van der Waals surface area contributed by atoms with Crippen molar-refractivity contribution in [3.8, 4) is 0 Å². The van der Waals surface area contributed by atoms with E-state index in [-0.39, 0.29) is 11.7 Å². The first-order valence-electron chi connectivity index (χ1n) is 6.89. The van der Waals surface area contributed by atoms with E-state index < -0.39 is 0 Å². The smallest absolute Gasteiger partial charge is 0.185 e. The quantitative estimate of drug-likeness (QED) is 0.786. The van der Waals surface area contributed by atoms with Crippen LogP contribution < -0.4 is 0 Å². The third kappa shape index (κ3) is 2.85. The number of carbonyl (C=O) groups is 1. The molecule has 0 aliphatic heterocycles. The fraction of sp³-hybridized carbons (Fsp3) is 0.714. The van der Waals surface area contributed by atoms with Crippen molar-refractivity contribution in [2.45, 2.75) is 52.5 Å². The molecule has 100 valence electrons. The molecule has 1 aliphatic carbocycles. The predicted molar refractivity (Wildman–Crippen MR) is 75.7 cm³/mol. The maximum absolute atomic E-state index is 12.6. The fourth-order valence-corrected chi connectivity index (χ4v) is 3.35. The van der Waals surface area contributed by atoms with Crippen LogP contribution in [0, 0.1) is 11.8 Å². The Hall–Kier alpha value is -0.640. The Morgan fingerprint density at radius 2 is 2.33 bits per heavy atom. The molecule has 0 radical (unpaired) electrons. The number of hydrogen-bond donors (Lipinski definition) is 0. The normalized spacial score (nSPS) is 24.2. The molecular weight excluding hydrogens is 292 g/mol. The molecule has 4 heteroatoms. The molecule has 0 bridgehead atoms. The van der Waals surface area contributed by atoms with Gasteiger partial charge in [0.05, 0.1) is 10.7 Å². The Kier molecular flexibility index (Phi) is 4.60. The first kappa shape index (κ1) is 13.8. The van der Waals surface area contributed by atoms with Crippen LogP contribution >= 0.6 is 15.9 Å². The van der Waals surface area contributed by atoms with Crippen LogP contribution in [0.1, 0.15) is 56.4 Å². The molecule has 0 N–H and O–H groups in total. The van der Waals surface area contributed by atoms with E-state index in [0.29, 0.717) is 5.92 Å². The average Bonchev–Trinajstić information content (AvgIpc) is 2.70. The second-order valence-corrected chi connectivity index (χ2v) is 6.25. The summed E-state index contributed by atoms with van der Waals surface area (Å²) in [5, 5.41) is 4.29. The molecule has 0 saturated heterocycles. The van der Waals surface area contributed by atoms with Gasteiger partial charge in [-0.15, -0.1) is 0 Å². The monoisotopic (exact) mass is 312 g/mol. The molecule has 0 spiro atoms. The molecule has 1 aromatic rings. The molecule has 0 aromatic carbocycles. The highest BCUT2D eigenvalue weighted by Gasteiger charge is 2.29. The van der Waals surface area contributed by atoms with E-state index in [2.05, 4.69) is 34.9 Å². The van der Waals surface area contributed by atoms with Gasteiger partial charge in [-0.25, -0.2) is 0 Å². The van der Waals surface area contributed by atoms with Crippen molar-refractivity contribution < 1.29 is 4.79 Å². The van der Waals surface area contributed by atoms with Gasteiger partial charge in [0.25, 0.3) is 0 Å². The summed E-state index contributed by atoms with van der Waals surface area (Å²) in [4.78, 5) is 12.6. The summed E-state index contributed by atoms with van der Waals surface area (Å²) in [6.07, 6.45) is 7.25. The molecule has 1 saturated carbocycles. The molecule has 1 fully saturated rings. The van der Waals surface area contributed by atoms with Crippen molar-refractivity contribution in [2.24, 2.45) is 11.8 Å². The summed E-state index contributed by atoms with van der Waals surface area (Å²) >= 11 is 3.47. The third-order valence-corrected chi connectivity index (χ3v) is 4.35. The minimum Gasteiger partial charge on any atom is -0.292 e. The number of aryl methyl sites for hydroxylation is 1. The van der Waals surface area contributed by atoms with E-state index in [1.807, 2.05) is 4.68 Å². The van der Waals surface area contributed by atoms with Crippen LogP contribution in [0.25, 0.3) is 0 Å². The standard InChI is InChI=1S/C14H21BrN2O/c1-3-7-17-13(12(15)9-16-17)14(18)11-6-4-5-10(2)8-11/h9-11H,3-8H2,1-2H3. The van der Waals surface area contributed by atoms with Gasteiger partial charge in [0.2, 0.25) is 0 Å². The zero-order valence-electron chi connectivity index (χ0n) is 11.2. The number of hydrogen-bond acceptors (Lipinski definition) is 2. The highest BCUT2D eigenvalue weighted by Crippen LogP contribution is 2.32. The molecule has 1 aliphatic rings. The zero-order valence-corrected chi connectivity index (χ0v) is 12.7. The molecule has 2 atom stereocenters. The lowest BCUT2D eigenvalue weighted by molar-refractivity contribution is 0.0856. The Bertz CT molecular complexity index is 427. The number of halogens is 1. The Morgan fingerprint density at radius 3 is 3.00 bits per heavy atom. The summed E-state index contributed by atoms with van der Waals surface area (Å²) in [5.74, 6) is 1.14. The van der Waals surface area contributed by atoms with E-state index in [1.165, 1.54) is 12.8 Å².